The fraction of sp³-hybridized carbons (Fsp3) is 0.234. The minimum absolute atomic E-state index is 0.00948. The number of allylic oxidation sites excluding steroid dienone is 4. The van der Waals surface area contributed by atoms with Crippen LogP contribution >= 0.6 is 0 Å². The van der Waals surface area contributed by atoms with Crippen LogP contribution in [0.3, 0.4) is 0 Å². The van der Waals surface area contributed by atoms with Crippen molar-refractivity contribution in [2.75, 3.05) is 9.80 Å². The Morgan fingerprint density at radius 1 is 0.571 bits per heavy atom. The molecule has 0 spiro atoms. The first-order valence-electron chi connectivity index (χ1n) is 17.9. The van der Waals surface area contributed by atoms with Crippen LogP contribution < -0.4 is 9.80 Å². The SMILES string of the molecule is C=C/C=C(\C=C/CC)N(c1ccc(C)cc1)c1ccc(C2(c3ccc(N(c4ccc(C)cc4)c4ccc(C)cc4)cc3)CCCCC2)cc1. The summed E-state index contributed by atoms with van der Waals surface area (Å²) >= 11 is 0. The van der Waals surface area contributed by atoms with Crippen LogP contribution in [0.4, 0.5) is 28.4 Å². The lowest BCUT2D eigenvalue weighted by atomic mass is 9.65. The Morgan fingerprint density at radius 2 is 0.959 bits per heavy atom. The summed E-state index contributed by atoms with van der Waals surface area (Å²) in [6.07, 6.45) is 15.5. The summed E-state index contributed by atoms with van der Waals surface area (Å²) in [5.41, 5.74) is 13.5. The predicted octanol–water partition coefficient (Wildman–Crippen LogP) is 13.5. The van der Waals surface area contributed by atoms with Crippen LogP contribution in [0.5, 0.6) is 0 Å². The van der Waals surface area contributed by atoms with E-state index in [4.69, 9.17) is 0 Å². The molecule has 0 N–H and O–H groups in total. The van der Waals surface area contributed by atoms with E-state index >= 15 is 0 Å². The Bertz CT molecular complexity index is 1820. The van der Waals surface area contributed by atoms with Gasteiger partial charge in [0.25, 0.3) is 0 Å². The van der Waals surface area contributed by atoms with E-state index in [2.05, 4.69) is 184 Å². The van der Waals surface area contributed by atoms with E-state index in [-0.39, 0.29) is 5.41 Å². The third-order valence-corrected chi connectivity index (χ3v) is 10.0. The molecule has 0 heterocycles. The van der Waals surface area contributed by atoms with Crippen molar-refractivity contribution in [1.29, 1.82) is 0 Å². The highest BCUT2D eigenvalue weighted by molar-refractivity contribution is 5.77. The molecular weight excluding hydrogens is 593 g/mol. The second kappa shape index (κ2) is 15.4. The van der Waals surface area contributed by atoms with E-state index in [0.29, 0.717) is 0 Å². The zero-order valence-electron chi connectivity index (χ0n) is 29.7. The van der Waals surface area contributed by atoms with Gasteiger partial charge in [0.05, 0.1) is 0 Å². The molecule has 6 rings (SSSR count). The van der Waals surface area contributed by atoms with E-state index in [1.165, 1.54) is 64.1 Å². The molecule has 1 aliphatic rings. The Kier molecular flexibility index (Phi) is 10.6. The molecule has 1 aliphatic carbocycles. The molecule has 248 valence electrons. The molecule has 0 aromatic heterocycles. The number of rotatable bonds is 11. The fourth-order valence-corrected chi connectivity index (χ4v) is 7.30. The maximum atomic E-state index is 4.03. The molecule has 0 aliphatic heterocycles. The number of benzene rings is 5. The smallest absolute Gasteiger partial charge is 0.0461 e. The van der Waals surface area contributed by atoms with Crippen LogP contribution in [-0.4, -0.2) is 0 Å². The van der Waals surface area contributed by atoms with Crippen molar-refractivity contribution in [3.63, 3.8) is 0 Å². The van der Waals surface area contributed by atoms with Crippen molar-refractivity contribution in [3.05, 3.63) is 186 Å². The van der Waals surface area contributed by atoms with Crippen molar-refractivity contribution in [1.82, 2.24) is 0 Å². The number of anilines is 5. The monoisotopic (exact) mass is 642 g/mol. The van der Waals surface area contributed by atoms with E-state index in [1.54, 1.807) is 0 Å². The Hall–Kier alpha value is -5.08. The molecule has 5 aromatic carbocycles. The molecule has 0 amide bonds. The summed E-state index contributed by atoms with van der Waals surface area (Å²) in [6, 6.07) is 45.3. The molecule has 49 heavy (non-hydrogen) atoms. The predicted molar refractivity (Wildman–Crippen MR) is 212 cm³/mol. The first kappa shape index (κ1) is 33.8. The van der Waals surface area contributed by atoms with Crippen molar-refractivity contribution >= 4 is 28.4 Å². The Labute approximate surface area is 294 Å². The summed E-state index contributed by atoms with van der Waals surface area (Å²) in [5, 5.41) is 0. The molecule has 0 saturated heterocycles. The second-order valence-electron chi connectivity index (χ2n) is 13.6. The standard InChI is InChI=1S/C47H50N2/c1-6-8-13-41(12-7-2)48(42-24-14-36(3)15-25-42)45-30-20-39(21-31-45)47(34-10-9-11-35-47)40-22-32-46(33-23-40)49(43-26-16-37(4)17-27-43)44-28-18-38(5)19-29-44/h7-8,12-33H,2,6,9-11,34-35H2,1,3-5H3/b13-8-,41-12+. The van der Waals surface area contributed by atoms with Gasteiger partial charge in [-0.2, -0.15) is 0 Å². The van der Waals surface area contributed by atoms with Crippen LogP contribution in [0.15, 0.2) is 158 Å². The number of aryl methyl sites for hydroxylation is 3. The first-order chi connectivity index (χ1) is 23.9. The van der Waals surface area contributed by atoms with Gasteiger partial charge < -0.3 is 9.80 Å². The second-order valence-corrected chi connectivity index (χ2v) is 13.6. The number of hydrogen-bond acceptors (Lipinski definition) is 2. The van der Waals surface area contributed by atoms with Gasteiger partial charge in [-0.1, -0.05) is 122 Å². The largest absolute Gasteiger partial charge is 0.311 e. The third-order valence-electron chi connectivity index (χ3n) is 10.0. The van der Waals surface area contributed by atoms with E-state index in [0.717, 1.165) is 36.3 Å². The summed E-state index contributed by atoms with van der Waals surface area (Å²) in [5.74, 6) is 0. The molecule has 2 heteroatoms. The summed E-state index contributed by atoms with van der Waals surface area (Å²) < 4.78 is 0. The summed E-state index contributed by atoms with van der Waals surface area (Å²) in [6.45, 7) is 12.6. The van der Waals surface area contributed by atoms with Crippen LogP contribution in [0, 0.1) is 20.8 Å². The van der Waals surface area contributed by atoms with Crippen molar-refractivity contribution < 1.29 is 0 Å². The molecule has 2 nitrogen and oxygen atoms in total. The van der Waals surface area contributed by atoms with Gasteiger partial charge in [0, 0.05) is 39.5 Å². The highest BCUT2D eigenvalue weighted by Crippen LogP contribution is 2.47. The topological polar surface area (TPSA) is 6.48 Å². The lowest BCUT2D eigenvalue weighted by Gasteiger charge is -2.39. The number of nitrogens with zero attached hydrogens (tertiary/aromatic N) is 2. The quantitative estimate of drug-likeness (QED) is 0.132. The van der Waals surface area contributed by atoms with Gasteiger partial charge >= 0.3 is 0 Å². The zero-order valence-corrected chi connectivity index (χ0v) is 29.7. The Morgan fingerprint density at radius 3 is 1.37 bits per heavy atom. The maximum Gasteiger partial charge on any atom is 0.0461 e. The molecule has 1 fully saturated rings. The third kappa shape index (κ3) is 7.50. The van der Waals surface area contributed by atoms with Gasteiger partial charge in [-0.3, -0.25) is 0 Å². The van der Waals surface area contributed by atoms with E-state index < -0.39 is 0 Å². The molecular formula is C47H50N2. The van der Waals surface area contributed by atoms with Crippen LogP contribution in [0.2, 0.25) is 0 Å². The molecule has 0 atom stereocenters. The highest BCUT2D eigenvalue weighted by atomic mass is 15.1. The van der Waals surface area contributed by atoms with Gasteiger partial charge in [-0.15, -0.1) is 0 Å². The maximum absolute atomic E-state index is 4.03. The average molecular weight is 643 g/mol. The van der Waals surface area contributed by atoms with Gasteiger partial charge in [0.2, 0.25) is 0 Å². The highest BCUT2D eigenvalue weighted by Gasteiger charge is 2.36. The van der Waals surface area contributed by atoms with E-state index in [9.17, 15) is 0 Å². The normalized spacial score (nSPS) is 14.5. The minimum atomic E-state index is -0.00948. The molecule has 0 unspecified atom stereocenters. The summed E-state index contributed by atoms with van der Waals surface area (Å²) in [4.78, 5) is 4.70. The van der Waals surface area contributed by atoms with Crippen LogP contribution in [0.1, 0.15) is 73.3 Å². The van der Waals surface area contributed by atoms with Gasteiger partial charge in [-0.05, 0) is 124 Å². The summed E-state index contributed by atoms with van der Waals surface area (Å²) in [7, 11) is 0. The van der Waals surface area contributed by atoms with Gasteiger partial charge in [-0.25, -0.2) is 0 Å². The van der Waals surface area contributed by atoms with Crippen molar-refractivity contribution in [3.8, 4) is 0 Å². The fourth-order valence-electron chi connectivity index (χ4n) is 7.30. The first-order valence-corrected chi connectivity index (χ1v) is 17.9. The lowest BCUT2D eigenvalue weighted by Crippen LogP contribution is -2.30. The zero-order chi connectivity index (χ0) is 34.2. The molecule has 1 saturated carbocycles. The van der Waals surface area contributed by atoms with Crippen molar-refractivity contribution in [2.45, 2.75) is 71.6 Å². The lowest BCUT2D eigenvalue weighted by molar-refractivity contribution is 0.346. The molecule has 0 bridgehead atoms. The van der Waals surface area contributed by atoms with Crippen LogP contribution in [-0.2, 0) is 5.41 Å². The van der Waals surface area contributed by atoms with Crippen molar-refractivity contribution in [2.24, 2.45) is 0 Å². The van der Waals surface area contributed by atoms with Gasteiger partial charge in [0.15, 0.2) is 0 Å². The van der Waals surface area contributed by atoms with Gasteiger partial charge in [0.1, 0.15) is 0 Å². The molecule has 5 aromatic rings. The minimum Gasteiger partial charge on any atom is -0.311 e. The van der Waals surface area contributed by atoms with Crippen LogP contribution in [0.25, 0.3) is 0 Å². The number of hydrogen-bond donors (Lipinski definition) is 0. The Balaban J connectivity index is 1.38. The average Bonchev–Trinajstić information content (AvgIpc) is 3.14. The van der Waals surface area contributed by atoms with E-state index in [1.807, 2.05) is 6.08 Å². The molecule has 0 radical (unpaired) electrons.